The SMILES string of the molecule is O=C(C1CCN(C(=O)C2CC(c3cccnc3)NN2)CC1)N1CCN(c2ccc(Cl)cc2)CC1. The van der Waals surface area contributed by atoms with Crippen molar-refractivity contribution in [2.75, 3.05) is 44.2 Å². The van der Waals surface area contributed by atoms with E-state index in [9.17, 15) is 9.59 Å². The molecule has 3 aliphatic heterocycles. The molecule has 2 aromatic rings. The van der Waals surface area contributed by atoms with Crippen molar-refractivity contribution >= 4 is 29.1 Å². The summed E-state index contributed by atoms with van der Waals surface area (Å²) in [5.74, 6) is 0.352. The van der Waals surface area contributed by atoms with E-state index >= 15 is 0 Å². The summed E-state index contributed by atoms with van der Waals surface area (Å²) >= 11 is 5.99. The number of carbonyl (C=O) groups is 2. The second-order valence-electron chi connectivity index (χ2n) is 9.30. The lowest BCUT2D eigenvalue weighted by molar-refractivity contribution is -0.141. The molecule has 8 nitrogen and oxygen atoms in total. The summed E-state index contributed by atoms with van der Waals surface area (Å²) in [7, 11) is 0. The number of piperazine rings is 1. The number of hydrazine groups is 1. The molecule has 3 aliphatic rings. The number of nitrogens with zero attached hydrogens (tertiary/aromatic N) is 4. The van der Waals surface area contributed by atoms with Crippen molar-refractivity contribution in [2.24, 2.45) is 5.92 Å². The number of benzene rings is 1. The second-order valence-corrected chi connectivity index (χ2v) is 9.74. The molecule has 5 rings (SSSR count). The first-order chi connectivity index (χ1) is 16.6. The minimum atomic E-state index is -0.251. The van der Waals surface area contributed by atoms with Crippen molar-refractivity contribution in [1.29, 1.82) is 0 Å². The van der Waals surface area contributed by atoms with Crippen LogP contribution in [0.3, 0.4) is 0 Å². The summed E-state index contributed by atoms with van der Waals surface area (Å²) in [6.45, 7) is 4.37. The average molecular weight is 483 g/mol. The lowest BCUT2D eigenvalue weighted by atomic mass is 9.94. The molecule has 0 spiro atoms. The molecule has 1 aromatic carbocycles. The van der Waals surface area contributed by atoms with E-state index in [-0.39, 0.29) is 29.8 Å². The third kappa shape index (κ3) is 5.04. The molecule has 34 heavy (non-hydrogen) atoms. The molecule has 0 bridgehead atoms. The van der Waals surface area contributed by atoms with E-state index in [0.717, 1.165) is 55.3 Å². The first-order valence-electron chi connectivity index (χ1n) is 12.1. The number of halogens is 1. The van der Waals surface area contributed by atoms with Crippen LogP contribution < -0.4 is 15.8 Å². The third-order valence-electron chi connectivity index (χ3n) is 7.23. The smallest absolute Gasteiger partial charge is 0.241 e. The summed E-state index contributed by atoms with van der Waals surface area (Å²) in [5.41, 5.74) is 8.59. The average Bonchev–Trinajstić information content (AvgIpc) is 3.40. The van der Waals surface area contributed by atoms with Crippen LogP contribution in [0.5, 0.6) is 0 Å². The van der Waals surface area contributed by atoms with E-state index < -0.39 is 0 Å². The highest BCUT2D eigenvalue weighted by atomic mass is 35.5. The predicted octanol–water partition coefficient (Wildman–Crippen LogP) is 2.23. The Morgan fingerprint density at radius 3 is 2.26 bits per heavy atom. The molecule has 180 valence electrons. The van der Waals surface area contributed by atoms with Gasteiger partial charge in [0.15, 0.2) is 0 Å². The summed E-state index contributed by atoms with van der Waals surface area (Å²) in [6, 6.07) is 11.6. The van der Waals surface area contributed by atoms with Crippen LogP contribution in [-0.4, -0.2) is 71.9 Å². The lowest BCUT2D eigenvalue weighted by Crippen LogP contribution is -2.53. The summed E-state index contributed by atoms with van der Waals surface area (Å²) in [5, 5.41) is 0.732. The van der Waals surface area contributed by atoms with Gasteiger partial charge in [-0.1, -0.05) is 17.7 Å². The number of aromatic nitrogens is 1. The van der Waals surface area contributed by atoms with E-state index in [1.54, 1.807) is 6.20 Å². The van der Waals surface area contributed by atoms with Gasteiger partial charge in [-0.05, 0) is 55.2 Å². The fraction of sp³-hybridized carbons (Fsp3) is 0.480. The summed E-state index contributed by atoms with van der Waals surface area (Å²) in [6.07, 6.45) is 5.74. The molecule has 2 atom stereocenters. The van der Waals surface area contributed by atoms with Gasteiger partial charge in [-0.25, -0.2) is 10.9 Å². The van der Waals surface area contributed by atoms with Gasteiger partial charge in [0.1, 0.15) is 6.04 Å². The Morgan fingerprint density at radius 1 is 0.882 bits per heavy atom. The van der Waals surface area contributed by atoms with E-state index in [1.807, 2.05) is 52.4 Å². The van der Waals surface area contributed by atoms with Crippen LogP contribution in [0.25, 0.3) is 0 Å². The molecule has 2 unspecified atom stereocenters. The monoisotopic (exact) mass is 482 g/mol. The number of hydrogen-bond donors (Lipinski definition) is 2. The molecule has 9 heteroatoms. The minimum Gasteiger partial charge on any atom is -0.368 e. The van der Waals surface area contributed by atoms with Crippen molar-refractivity contribution in [3.05, 3.63) is 59.4 Å². The van der Waals surface area contributed by atoms with Crippen molar-refractivity contribution in [3.8, 4) is 0 Å². The quantitative estimate of drug-likeness (QED) is 0.695. The van der Waals surface area contributed by atoms with Gasteiger partial charge in [0.25, 0.3) is 0 Å². The van der Waals surface area contributed by atoms with Crippen LogP contribution in [0, 0.1) is 5.92 Å². The highest BCUT2D eigenvalue weighted by Crippen LogP contribution is 2.26. The molecule has 0 aliphatic carbocycles. The molecule has 4 heterocycles. The van der Waals surface area contributed by atoms with Crippen LogP contribution in [0.2, 0.25) is 5.02 Å². The topological polar surface area (TPSA) is 80.8 Å². The number of nitrogens with one attached hydrogen (secondary N) is 2. The molecular weight excluding hydrogens is 452 g/mol. The van der Waals surface area contributed by atoms with Crippen molar-refractivity contribution < 1.29 is 9.59 Å². The number of anilines is 1. The standard InChI is InChI=1S/C25H31ClN6O2/c26-20-3-5-21(6-4-20)30-12-14-32(15-13-30)24(33)18-7-10-31(11-8-18)25(34)23-16-22(28-29-23)19-2-1-9-27-17-19/h1-6,9,17-18,22-23,28-29H,7-8,10-16H2. The molecule has 2 amide bonds. The molecule has 3 saturated heterocycles. The zero-order chi connectivity index (χ0) is 23.5. The van der Waals surface area contributed by atoms with Gasteiger partial charge in [0, 0.05) is 74.3 Å². The zero-order valence-electron chi connectivity index (χ0n) is 19.2. The Kier molecular flexibility index (Phi) is 6.99. The van der Waals surface area contributed by atoms with Crippen LogP contribution in [0.4, 0.5) is 5.69 Å². The van der Waals surface area contributed by atoms with Gasteiger partial charge in [-0.2, -0.15) is 0 Å². The number of pyridine rings is 1. The Hall–Kier alpha value is -2.68. The zero-order valence-corrected chi connectivity index (χ0v) is 20.0. The normalized spacial score (nSPS) is 23.9. The van der Waals surface area contributed by atoms with Crippen molar-refractivity contribution in [2.45, 2.75) is 31.3 Å². The maximum absolute atomic E-state index is 13.1. The minimum absolute atomic E-state index is 0.00364. The molecule has 0 radical (unpaired) electrons. The largest absolute Gasteiger partial charge is 0.368 e. The van der Waals surface area contributed by atoms with E-state index in [2.05, 4.69) is 20.7 Å². The second kappa shape index (κ2) is 10.3. The highest BCUT2D eigenvalue weighted by molar-refractivity contribution is 6.30. The van der Waals surface area contributed by atoms with Crippen LogP contribution in [0.1, 0.15) is 30.9 Å². The maximum Gasteiger partial charge on any atom is 0.241 e. The third-order valence-corrected chi connectivity index (χ3v) is 7.48. The molecule has 2 N–H and O–H groups in total. The van der Waals surface area contributed by atoms with Gasteiger partial charge in [-0.15, -0.1) is 0 Å². The number of likely N-dealkylation sites (tertiary alicyclic amines) is 1. The van der Waals surface area contributed by atoms with Crippen molar-refractivity contribution in [3.63, 3.8) is 0 Å². The molecule has 1 aromatic heterocycles. The van der Waals surface area contributed by atoms with Gasteiger partial charge in [-0.3, -0.25) is 14.6 Å². The number of hydrogen-bond acceptors (Lipinski definition) is 6. The molecule has 0 saturated carbocycles. The Morgan fingerprint density at radius 2 is 1.59 bits per heavy atom. The van der Waals surface area contributed by atoms with Crippen LogP contribution in [0.15, 0.2) is 48.8 Å². The summed E-state index contributed by atoms with van der Waals surface area (Å²) in [4.78, 5) is 36.5. The van der Waals surface area contributed by atoms with Gasteiger partial charge in [0.05, 0.1) is 0 Å². The molecule has 3 fully saturated rings. The van der Waals surface area contributed by atoms with E-state index in [4.69, 9.17) is 11.6 Å². The van der Waals surface area contributed by atoms with Gasteiger partial charge < -0.3 is 14.7 Å². The lowest BCUT2D eigenvalue weighted by Gasteiger charge is -2.39. The van der Waals surface area contributed by atoms with Gasteiger partial charge in [0.2, 0.25) is 11.8 Å². The molecular formula is C25H31ClN6O2. The summed E-state index contributed by atoms with van der Waals surface area (Å²) < 4.78 is 0. The first-order valence-corrected chi connectivity index (χ1v) is 12.5. The number of amides is 2. The Labute approximate surface area is 205 Å². The first kappa shape index (κ1) is 23.1. The van der Waals surface area contributed by atoms with E-state index in [0.29, 0.717) is 19.5 Å². The van der Waals surface area contributed by atoms with Crippen LogP contribution >= 0.6 is 11.6 Å². The highest BCUT2D eigenvalue weighted by Gasteiger charge is 2.36. The van der Waals surface area contributed by atoms with Crippen molar-refractivity contribution in [1.82, 2.24) is 25.6 Å². The number of rotatable bonds is 4. The van der Waals surface area contributed by atoms with Gasteiger partial charge >= 0.3 is 0 Å². The number of piperidine rings is 1. The number of carbonyl (C=O) groups excluding carboxylic acids is 2. The Bertz CT molecular complexity index is 988. The maximum atomic E-state index is 13.1. The predicted molar refractivity (Wildman–Crippen MR) is 131 cm³/mol. The van der Waals surface area contributed by atoms with Crippen LogP contribution in [-0.2, 0) is 9.59 Å². The Balaban J connectivity index is 1.08. The fourth-order valence-corrected chi connectivity index (χ4v) is 5.31. The van der Waals surface area contributed by atoms with E-state index in [1.165, 1.54) is 0 Å². The fourth-order valence-electron chi connectivity index (χ4n) is 5.18.